The second-order valence-electron chi connectivity index (χ2n) is 8.22. The Labute approximate surface area is 168 Å². The summed E-state index contributed by atoms with van der Waals surface area (Å²) in [5.74, 6) is 0.930. The summed E-state index contributed by atoms with van der Waals surface area (Å²) in [6, 6.07) is 6.93. The molecule has 28 heavy (non-hydrogen) atoms. The minimum absolute atomic E-state index is 0.0714. The lowest BCUT2D eigenvalue weighted by Gasteiger charge is -2.37. The Hall–Kier alpha value is -1.70. The number of benzene rings is 1. The fourth-order valence-electron chi connectivity index (χ4n) is 4.46. The van der Waals surface area contributed by atoms with Crippen LogP contribution in [0.1, 0.15) is 75.3 Å². The predicted octanol–water partition coefficient (Wildman–Crippen LogP) is 6.10. The smallest absolute Gasteiger partial charge is 0.160 e. The van der Waals surface area contributed by atoms with Crippen LogP contribution in [-0.4, -0.2) is 19.5 Å². The topological polar surface area (TPSA) is 42.2 Å². The maximum absolute atomic E-state index is 13.9. The molecule has 0 spiro atoms. The van der Waals surface area contributed by atoms with Crippen molar-refractivity contribution in [1.29, 1.82) is 5.26 Å². The fourth-order valence-corrected chi connectivity index (χ4v) is 4.46. The molecule has 4 heteroatoms. The van der Waals surface area contributed by atoms with Crippen LogP contribution < -0.4 is 0 Å². The predicted molar refractivity (Wildman–Crippen MR) is 108 cm³/mol. The average molecular weight is 386 g/mol. The summed E-state index contributed by atoms with van der Waals surface area (Å²) in [4.78, 5) is 0. The number of rotatable bonds is 7. The number of ether oxygens (including phenoxy) is 2. The fraction of sp³-hybridized carbons (Fsp3) is 0.625. The Kier molecular flexibility index (Phi) is 8.06. The van der Waals surface area contributed by atoms with Gasteiger partial charge in [-0.2, -0.15) is 5.26 Å². The second-order valence-corrected chi connectivity index (χ2v) is 8.22. The minimum atomic E-state index is -0.405. The molecule has 1 saturated carbocycles. The average Bonchev–Trinajstić information content (AvgIpc) is 2.74. The van der Waals surface area contributed by atoms with Crippen LogP contribution in [0.25, 0.3) is 0 Å². The standard InChI is InChI=1S/C24H32FNO2/c1-2-3-4-5-6-7-18-16-27-24(28-17-18)20-10-8-19(9-11-20)21-12-13-22(15-26)23(25)14-21/h2-3,12-14,18-20,24H,4-11,16-17H2,1H3/t18-,19-,20-,24-. The summed E-state index contributed by atoms with van der Waals surface area (Å²) in [6.07, 6.45) is 13.2. The first-order valence-corrected chi connectivity index (χ1v) is 10.7. The second kappa shape index (κ2) is 10.7. The normalized spacial score (nSPS) is 28.3. The van der Waals surface area contributed by atoms with Gasteiger partial charge < -0.3 is 9.47 Å². The van der Waals surface area contributed by atoms with Gasteiger partial charge in [-0.3, -0.25) is 0 Å². The van der Waals surface area contributed by atoms with Gasteiger partial charge >= 0.3 is 0 Å². The van der Waals surface area contributed by atoms with Crippen molar-refractivity contribution in [3.63, 3.8) is 0 Å². The molecule has 0 N–H and O–H groups in total. The van der Waals surface area contributed by atoms with E-state index >= 15 is 0 Å². The molecule has 0 atom stereocenters. The summed E-state index contributed by atoms with van der Waals surface area (Å²) in [5.41, 5.74) is 1.14. The number of nitrogens with zero attached hydrogens (tertiary/aromatic N) is 1. The van der Waals surface area contributed by atoms with Crippen molar-refractivity contribution in [2.75, 3.05) is 13.2 Å². The van der Waals surface area contributed by atoms with Crippen molar-refractivity contribution in [1.82, 2.24) is 0 Å². The zero-order valence-electron chi connectivity index (χ0n) is 16.9. The molecule has 0 aromatic heterocycles. The zero-order valence-corrected chi connectivity index (χ0v) is 16.9. The van der Waals surface area contributed by atoms with Gasteiger partial charge in [0.1, 0.15) is 11.9 Å². The Morgan fingerprint density at radius 1 is 1.14 bits per heavy atom. The van der Waals surface area contributed by atoms with Crippen LogP contribution in [0.15, 0.2) is 30.4 Å². The molecule has 152 valence electrons. The molecule has 2 fully saturated rings. The molecule has 1 aromatic rings. The number of hydrogen-bond acceptors (Lipinski definition) is 3. The van der Waals surface area contributed by atoms with Gasteiger partial charge in [0, 0.05) is 11.8 Å². The Bertz CT molecular complexity index is 680. The molecule has 1 aromatic carbocycles. The number of nitriles is 1. The number of unbranched alkanes of at least 4 members (excludes halogenated alkanes) is 2. The highest BCUT2D eigenvalue weighted by molar-refractivity contribution is 5.34. The van der Waals surface area contributed by atoms with Gasteiger partial charge in [-0.1, -0.05) is 24.6 Å². The third-order valence-electron chi connectivity index (χ3n) is 6.20. The molecule has 1 aliphatic carbocycles. The first-order chi connectivity index (χ1) is 13.7. The molecule has 0 unspecified atom stereocenters. The molecular weight excluding hydrogens is 353 g/mol. The lowest BCUT2D eigenvalue weighted by atomic mass is 9.78. The van der Waals surface area contributed by atoms with Crippen molar-refractivity contribution in [2.24, 2.45) is 11.8 Å². The van der Waals surface area contributed by atoms with Crippen molar-refractivity contribution in [3.8, 4) is 6.07 Å². The molecule has 1 saturated heterocycles. The van der Waals surface area contributed by atoms with E-state index in [1.165, 1.54) is 31.7 Å². The molecule has 3 rings (SSSR count). The third kappa shape index (κ3) is 5.65. The Morgan fingerprint density at radius 3 is 2.54 bits per heavy atom. The van der Waals surface area contributed by atoms with Crippen LogP contribution in [-0.2, 0) is 9.47 Å². The van der Waals surface area contributed by atoms with Gasteiger partial charge in [-0.25, -0.2) is 4.39 Å². The molecular formula is C24H32FNO2. The maximum atomic E-state index is 13.9. The van der Waals surface area contributed by atoms with E-state index in [0.717, 1.165) is 44.5 Å². The van der Waals surface area contributed by atoms with E-state index in [4.69, 9.17) is 14.7 Å². The van der Waals surface area contributed by atoms with Crippen molar-refractivity contribution >= 4 is 0 Å². The van der Waals surface area contributed by atoms with Crippen LogP contribution in [0.2, 0.25) is 0 Å². The van der Waals surface area contributed by atoms with Gasteiger partial charge in [0.15, 0.2) is 6.29 Å². The first-order valence-electron chi connectivity index (χ1n) is 10.7. The number of halogens is 1. The van der Waals surface area contributed by atoms with E-state index in [2.05, 4.69) is 19.1 Å². The van der Waals surface area contributed by atoms with Gasteiger partial charge in [0.2, 0.25) is 0 Å². The highest BCUT2D eigenvalue weighted by Gasteiger charge is 2.32. The van der Waals surface area contributed by atoms with Crippen LogP contribution >= 0.6 is 0 Å². The maximum Gasteiger partial charge on any atom is 0.160 e. The van der Waals surface area contributed by atoms with E-state index in [9.17, 15) is 4.39 Å². The van der Waals surface area contributed by atoms with Crippen LogP contribution in [0.3, 0.4) is 0 Å². The monoisotopic (exact) mass is 385 g/mol. The lowest BCUT2D eigenvalue weighted by molar-refractivity contribution is -0.229. The van der Waals surface area contributed by atoms with Crippen LogP contribution in [0.4, 0.5) is 4.39 Å². The highest BCUT2D eigenvalue weighted by atomic mass is 19.1. The summed E-state index contributed by atoms with van der Waals surface area (Å²) in [7, 11) is 0. The molecule has 0 bridgehead atoms. The van der Waals surface area contributed by atoms with E-state index in [1.54, 1.807) is 6.07 Å². The third-order valence-corrected chi connectivity index (χ3v) is 6.20. The van der Waals surface area contributed by atoms with Crippen molar-refractivity contribution in [3.05, 3.63) is 47.3 Å². The minimum Gasteiger partial charge on any atom is -0.352 e. The summed E-state index contributed by atoms with van der Waals surface area (Å²) in [5, 5.41) is 8.88. The van der Waals surface area contributed by atoms with E-state index in [0.29, 0.717) is 17.8 Å². The number of allylic oxidation sites excluding steroid dienone is 2. The number of hydrogen-bond donors (Lipinski definition) is 0. The summed E-state index contributed by atoms with van der Waals surface area (Å²) in [6.45, 7) is 3.70. The SMILES string of the molecule is CC=CCCCC[C@H]1CO[C@H]([C@H]2CC[C@H](c3ccc(C#N)c(F)c3)CC2)OC1. The van der Waals surface area contributed by atoms with Gasteiger partial charge in [0.25, 0.3) is 0 Å². The van der Waals surface area contributed by atoms with Gasteiger partial charge in [-0.15, -0.1) is 0 Å². The van der Waals surface area contributed by atoms with E-state index in [-0.39, 0.29) is 11.9 Å². The van der Waals surface area contributed by atoms with Gasteiger partial charge in [0.05, 0.1) is 18.8 Å². The zero-order chi connectivity index (χ0) is 19.8. The van der Waals surface area contributed by atoms with Crippen LogP contribution in [0, 0.1) is 29.0 Å². The molecule has 3 nitrogen and oxygen atoms in total. The van der Waals surface area contributed by atoms with Crippen molar-refractivity contribution < 1.29 is 13.9 Å². The molecule has 0 radical (unpaired) electrons. The van der Waals surface area contributed by atoms with E-state index < -0.39 is 5.82 Å². The lowest BCUT2D eigenvalue weighted by Crippen LogP contribution is -2.38. The Morgan fingerprint density at radius 2 is 1.89 bits per heavy atom. The van der Waals surface area contributed by atoms with Gasteiger partial charge in [-0.05, 0) is 75.5 Å². The molecule has 0 amide bonds. The Balaban J connectivity index is 1.39. The molecule has 2 aliphatic rings. The largest absolute Gasteiger partial charge is 0.352 e. The van der Waals surface area contributed by atoms with Crippen molar-refractivity contribution in [2.45, 2.75) is 70.5 Å². The quantitative estimate of drug-likeness (QED) is 0.421. The van der Waals surface area contributed by atoms with Crippen LogP contribution in [0.5, 0.6) is 0 Å². The van der Waals surface area contributed by atoms with E-state index in [1.807, 2.05) is 12.1 Å². The highest BCUT2D eigenvalue weighted by Crippen LogP contribution is 2.39. The summed E-state index contributed by atoms with van der Waals surface area (Å²) >= 11 is 0. The summed E-state index contributed by atoms with van der Waals surface area (Å²) < 4.78 is 26.0. The molecule has 1 heterocycles. The first kappa shape index (κ1) is 21.0. The molecule has 1 aliphatic heterocycles.